The van der Waals surface area contributed by atoms with Crippen LogP contribution in [0.5, 0.6) is 0 Å². The number of hydrogen-bond donors (Lipinski definition) is 2. The number of nitrogens with one attached hydrogen (secondary N) is 2. The van der Waals surface area contributed by atoms with Gasteiger partial charge >= 0.3 is 0 Å². The van der Waals surface area contributed by atoms with Crippen molar-refractivity contribution < 1.29 is 14.3 Å². The van der Waals surface area contributed by atoms with E-state index < -0.39 is 0 Å². The van der Waals surface area contributed by atoms with Gasteiger partial charge in [0, 0.05) is 20.3 Å². The van der Waals surface area contributed by atoms with Crippen molar-refractivity contribution in [3.63, 3.8) is 0 Å². The van der Waals surface area contributed by atoms with Gasteiger partial charge in [0.1, 0.15) is 6.10 Å². The maximum atomic E-state index is 11.5. The molecule has 0 saturated carbocycles. The normalized spacial score (nSPS) is 21.4. The van der Waals surface area contributed by atoms with Crippen LogP contribution in [0.1, 0.15) is 19.8 Å². The third-order valence-corrected chi connectivity index (χ3v) is 3.03. The monoisotopic (exact) mass is 244 g/mol. The SMILES string of the molecule is COCCNC(=O)C(C)OCCC1CCNC1. The zero-order valence-corrected chi connectivity index (χ0v) is 10.8. The Morgan fingerprint density at radius 3 is 3.00 bits per heavy atom. The summed E-state index contributed by atoms with van der Waals surface area (Å²) < 4.78 is 10.4. The Morgan fingerprint density at radius 2 is 2.35 bits per heavy atom. The zero-order valence-electron chi connectivity index (χ0n) is 10.8. The lowest BCUT2D eigenvalue weighted by molar-refractivity contribution is -0.132. The average molecular weight is 244 g/mol. The number of rotatable bonds is 8. The number of carbonyl (C=O) groups excluding carboxylic acids is 1. The Hall–Kier alpha value is -0.650. The minimum atomic E-state index is -0.374. The smallest absolute Gasteiger partial charge is 0.248 e. The van der Waals surface area contributed by atoms with E-state index >= 15 is 0 Å². The molecule has 0 aromatic rings. The van der Waals surface area contributed by atoms with Crippen molar-refractivity contribution >= 4 is 5.91 Å². The van der Waals surface area contributed by atoms with Crippen LogP contribution < -0.4 is 10.6 Å². The first-order valence-corrected chi connectivity index (χ1v) is 6.33. The predicted octanol–water partition coefficient (Wildman–Crippen LogP) is 0.154. The zero-order chi connectivity index (χ0) is 12.5. The summed E-state index contributed by atoms with van der Waals surface area (Å²) in [6.07, 6.45) is 1.88. The van der Waals surface area contributed by atoms with Crippen LogP contribution in [0.25, 0.3) is 0 Å². The molecule has 17 heavy (non-hydrogen) atoms. The summed E-state index contributed by atoms with van der Waals surface area (Å²) in [4.78, 5) is 11.5. The van der Waals surface area contributed by atoms with Crippen LogP contribution in [-0.2, 0) is 14.3 Å². The molecule has 0 radical (unpaired) electrons. The number of methoxy groups -OCH3 is 1. The van der Waals surface area contributed by atoms with Gasteiger partial charge in [-0.3, -0.25) is 4.79 Å². The highest BCUT2D eigenvalue weighted by Crippen LogP contribution is 2.12. The highest BCUT2D eigenvalue weighted by molar-refractivity contribution is 5.80. The Bertz CT molecular complexity index is 218. The molecule has 1 aliphatic heterocycles. The molecule has 2 atom stereocenters. The predicted molar refractivity (Wildman–Crippen MR) is 65.9 cm³/mol. The number of ether oxygens (including phenoxy) is 2. The summed E-state index contributed by atoms with van der Waals surface area (Å²) in [6, 6.07) is 0. The summed E-state index contributed by atoms with van der Waals surface area (Å²) in [5.41, 5.74) is 0. The second-order valence-electron chi connectivity index (χ2n) is 4.44. The summed E-state index contributed by atoms with van der Waals surface area (Å²) in [5, 5.41) is 6.08. The molecule has 0 aliphatic carbocycles. The lowest BCUT2D eigenvalue weighted by atomic mass is 10.1. The third-order valence-electron chi connectivity index (χ3n) is 3.03. The van der Waals surface area contributed by atoms with Crippen molar-refractivity contribution in [2.75, 3.05) is 40.0 Å². The Kier molecular flexibility index (Phi) is 7.16. The molecule has 1 amide bonds. The molecule has 100 valence electrons. The first-order chi connectivity index (χ1) is 8.24. The minimum Gasteiger partial charge on any atom is -0.383 e. The van der Waals surface area contributed by atoms with Crippen LogP contribution in [0.2, 0.25) is 0 Å². The molecular weight excluding hydrogens is 220 g/mol. The van der Waals surface area contributed by atoms with E-state index in [0.29, 0.717) is 25.7 Å². The number of amides is 1. The fraction of sp³-hybridized carbons (Fsp3) is 0.917. The van der Waals surface area contributed by atoms with Crippen molar-refractivity contribution in [1.82, 2.24) is 10.6 Å². The molecule has 2 N–H and O–H groups in total. The molecule has 0 aromatic heterocycles. The summed E-state index contributed by atoms with van der Waals surface area (Å²) in [7, 11) is 1.61. The van der Waals surface area contributed by atoms with Crippen molar-refractivity contribution in [3.8, 4) is 0 Å². The van der Waals surface area contributed by atoms with Gasteiger partial charge < -0.3 is 20.1 Å². The molecule has 1 rings (SSSR count). The molecule has 1 aliphatic rings. The molecule has 0 bridgehead atoms. The molecular formula is C12H24N2O3. The van der Waals surface area contributed by atoms with E-state index in [1.54, 1.807) is 14.0 Å². The first kappa shape index (κ1) is 14.4. The van der Waals surface area contributed by atoms with Gasteiger partial charge in [0.05, 0.1) is 6.61 Å². The van der Waals surface area contributed by atoms with Gasteiger partial charge in [0.15, 0.2) is 0 Å². The van der Waals surface area contributed by atoms with Crippen molar-refractivity contribution in [1.29, 1.82) is 0 Å². The molecule has 1 saturated heterocycles. The van der Waals surface area contributed by atoms with Crippen LogP contribution in [-0.4, -0.2) is 52.0 Å². The van der Waals surface area contributed by atoms with Crippen molar-refractivity contribution in [2.45, 2.75) is 25.9 Å². The molecule has 2 unspecified atom stereocenters. The van der Waals surface area contributed by atoms with Gasteiger partial charge in [-0.2, -0.15) is 0 Å². The Morgan fingerprint density at radius 1 is 1.53 bits per heavy atom. The summed E-state index contributed by atoms with van der Waals surface area (Å²) in [5.74, 6) is 0.644. The minimum absolute atomic E-state index is 0.0633. The first-order valence-electron chi connectivity index (χ1n) is 6.33. The van der Waals surface area contributed by atoms with Crippen molar-refractivity contribution in [3.05, 3.63) is 0 Å². The van der Waals surface area contributed by atoms with Gasteiger partial charge in [-0.05, 0) is 38.8 Å². The third kappa shape index (κ3) is 6.00. The van der Waals surface area contributed by atoms with Crippen LogP contribution in [0, 0.1) is 5.92 Å². The second-order valence-corrected chi connectivity index (χ2v) is 4.44. The maximum absolute atomic E-state index is 11.5. The van der Waals surface area contributed by atoms with Gasteiger partial charge in [-0.15, -0.1) is 0 Å². The van der Waals surface area contributed by atoms with E-state index in [0.717, 1.165) is 19.5 Å². The van der Waals surface area contributed by atoms with Crippen LogP contribution in [0.15, 0.2) is 0 Å². The quantitative estimate of drug-likeness (QED) is 0.597. The maximum Gasteiger partial charge on any atom is 0.248 e. The number of carbonyl (C=O) groups is 1. The average Bonchev–Trinajstić information content (AvgIpc) is 2.82. The van der Waals surface area contributed by atoms with Crippen LogP contribution >= 0.6 is 0 Å². The largest absolute Gasteiger partial charge is 0.383 e. The lowest BCUT2D eigenvalue weighted by Crippen LogP contribution is -2.36. The highest BCUT2D eigenvalue weighted by atomic mass is 16.5. The molecule has 5 nitrogen and oxygen atoms in total. The van der Waals surface area contributed by atoms with E-state index in [2.05, 4.69) is 10.6 Å². The van der Waals surface area contributed by atoms with Crippen LogP contribution in [0.4, 0.5) is 0 Å². The van der Waals surface area contributed by atoms with E-state index in [-0.39, 0.29) is 12.0 Å². The van der Waals surface area contributed by atoms with E-state index in [1.165, 1.54) is 6.42 Å². The Labute approximate surface area is 103 Å². The molecule has 0 aromatic carbocycles. The summed E-state index contributed by atoms with van der Waals surface area (Å²) >= 11 is 0. The topological polar surface area (TPSA) is 59.6 Å². The Balaban J connectivity index is 2.02. The highest BCUT2D eigenvalue weighted by Gasteiger charge is 2.16. The standard InChI is InChI=1S/C12H24N2O3/c1-10(12(15)14-6-8-16-2)17-7-4-11-3-5-13-9-11/h10-11,13H,3-9H2,1-2H3,(H,14,15). The number of hydrogen-bond acceptors (Lipinski definition) is 4. The van der Waals surface area contributed by atoms with E-state index in [9.17, 15) is 4.79 Å². The fourth-order valence-corrected chi connectivity index (χ4v) is 1.87. The molecule has 1 fully saturated rings. The van der Waals surface area contributed by atoms with Gasteiger partial charge in [-0.25, -0.2) is 0 Å². The van der Waals surface area contributed by atoms with E-state index in [1.807, 2.05) is 0 Å². The fourth-order valence-electron chi connectivity index (χ4n) is 1.87. The van der Waals surface area contributed by atoms with Gasteiger partial charge in [0.2, 0.25) is 5.91 Å². The lowest BCUT2D eigenvalue weighted by Gasteiger charge is -2.14. The molecule has 5 heteroatoms. The summed E-state index contributed by atoms with van der Waals surface area (Å²) in [6.45, 7) is 5.71. The van der Waals surface area contributed by atoms with E-state index in [4.69, 9.17) is 9.47 Å². The van der Waals surface area contributed by atoms with Crippen LogP contribution in [0.3, 0.4) is 0 Å². The van der Waals surface area contributed by atoms with Gasteiger partial charge in [0.25, 0.3) is 0 Å². The molecule has 1 heterocycles. The van der Waals surface area contributed by atoms with Gasteiger partial charge in [-0.1, -0.05) is 0 Å². The van der Waals surface area contributed by atoms with Crippen molar-refractivity contribution in [2.24, 2.45) is 5.92 Å². The molecule has 0 spiro atoms. The second kappa shape index (κ2) is 8.44.